The van der Waals surface area contributed by atoms with E-state index in [1.807, 2.05) is 31.5 Å². The standard InChI is InChI=1S/C15H14F2N2O2/c1-11-6-8-19(9-7-11)10-14(20)18-12-2-4-13(5-3-12)21-15(16)17/h2-9,15H,10H2,1H3/p+1. The zero-order chi connectivity index (χ0) is 15.2. The molecule has 0 aliphatic heterocycles. The summed E-state index contributed by atoms with van der Waals surface area (Å²) >= 11 is 0. The van der Waals surface area contributed by atoms with Crippen molar-refractivity contribution in [2.75, 3.05) is 5.32 Å². The van der Waals surface area contributed by atoms with Gasteiger partial charge in [-0.15, -0.1) is 0 Å². The second-order valence-corrected chi connectivity index (χ2v) is 4.50. The van der Waals surface area contributed by atoms with Crippen LogP contribution in [0, 0.1) is 6.92 Å². The van der Waals surface area contributed by atoms with Crippen molar-refractivity contribution in [3.8, 4) is 5.75 Å². The highest BCUT2D eigenvalue weighted by Crippen LogP contribution is 2.17. The molecule has 0 fully saturated rings. The van der Waals surface area contributed by atoms with E-state index in [-0.39, 0.29) is 18.2 Å². The molecule has 0 saturated heterocycles. The molecule has 1 amide bonds. The van der Waals surface area contributed by atoms with Crippen molar-refractivity contribution in [1.29, 1.82) is 0 Å². The van der Waals surface area contributed by atoms with Crippen LogP contribution in [0.4, 0.5) is 14.5 Å². The van der Waals surface area contributed by atoms with Gasteiger partial charge in [0.05, 0.1) is 0 Å². The van der Waals surface area contributed by atoms with E-state index >= 15 is 0 Å². The Balaban J connectivity index is 1.91. The Morgan fingerprint density at radius 2 is 1.81 bits per heavy atom. The van der Waals surface area contributed by atoms with Crippen LogP contribution in [-0.4, -0.2) is 12.5 Å². The summed E-state index contributed by atoms with van der Waals surface area (Å²) in [6, 6.07) is 9.58. The first kappa shape index (κ1) is 14.9. The molecular weight excluding hydrogens is 278 g/mol. The molecular formula is C15H15F2N2O2+. The maximum atomic E-state index is 12.0. The molecule has 21 heavy (non-hydrogen) atoms. The predicted octanol–water partition coefficient (Wildman–Crippen LogP) is 2.52. The third-order valence-electron chi connectivity index (χ3n) is 2.75. The van der Waals surface area contributed by atoms with Gasteiger partial charge in [-0.25, -0.2) is 0 Å². The van der Waals surface area contributed by atoms with Crippen LogP contribution in [-0.2, 0) is 11.3 Å². The fraction of sp³-hybridized carbons (Fsp3) is 0.200. The molecule has 2 aromatic rings. The number of hydrogen-bond donors (Lipinski definition) is 1. The van der Waals surface area contributed by atoms with Gasteiger partial charge in [-0.3, -0.25) is 4.79 Å². The maximum absolute atomic E-state index is 12.0. The molecule has 0 radical (unpaired) electrons. The second-order valence-electron chi connectivity index (χ2n) is 4.50. The maximum Gasteiger partial charge on any atom is 0.387 e. The molecule has 1 heterocycles. The Morgan fingerprint density at radius 1 is 1.19 bits per heavy atom. The molecule has 0 unspecified atom stereocenters. The number of hydrogen-bond acceptors (Lipinski definition) is 2. The number of benzene rings is 1. The lowest BCUT2D eigenvalue weighted by molar-refractivity contribution is -0.684. The van der Waals surface area contributed by atoms with Crippen molar-refractivity contribution in [2.45, 2.75) is 20.1 Å². The van der Waals surface area contributed by atoms with E-state index in [2.05, 4.69) is 10.1 Å². The van der Waals surface area contributed by atoms with Crippen molar-refractivity contribution in [3.63, 3.8) is 0 Å². The van der Waals surface area contributed by atoms with E-state index in [4.69, 9.17) is 0 Å². The Bertz CT molecular complexity index is 598. The van der Waals surface area contributed by atoms with E-state index in [0.717, 1.165) is 5.56 Å². The summed E-state index contributed by atoms with van der Waals surface area (Å²) < 4.78 is 30.0. The summed E-state index contributed by atoms with van der Waals surface area (Å²) in [4.78, 5) is 11.8. The molecule has 0 spiro atoms. The number of nitrogens with zero attached hydrogens (tertiary/aromatic N) is 1. The van der Waals surface area contributed by atoms with Gasteiger partial charge in [0.1, 0.15) is 5.75 Å². The summed E-state index contributed by atoms with van der Waals surface area (Å²) in [5.74, 6) is -0.151. The largest absolute Gasteiger partial charge is 0.435 e. The van der Waals surface area contributed by atoms with Gasteiger partial charge in [-0.05, 0) is 36.8 Å². The van der Waals surface area contributed by atoms with E-state index in [1.165, 1.54) is 24.3 Å². The van der Waals surface area contributed by atoms with Crippen molar-refractivity contribution in [1.82, 2.24) is 0 Å². The van der Waals surface area contributed by atoms with Gasteiger partial charge < -0.3 is 10.1 Å². The zero-order valence-corrected chi connectivity index (χ0v) is 11.4. The summed E-state index contributed by atoms with van der Waals surface area (Å²) in [5, 5.41) is 2.68. The number of amides is 1. The fourth-order valence-electron chi connectivity index (χ4n) is 1.72. The monoisotopic (exact) mass is 293 g/mol. The number of aromatic nitrogens is 1. The molecule has 0 bridgehead atoms. The molecule has 1 aromatic carbocycles. The molecule has 2 rings (SSSR count). The number of ether oxygens (including phenoxy) is 1. The molecule has 0 aliphatic carbocycles. The van der Waals surface area contributed by atoms with Crippen molar-refractivity contribution < 1.29 is 22.9 Å². The normalized spacial score (nSPS) is 10.5. The lowest BCUT2D eigenvalue weighted by Crippen LogP contribution is -2.39. The zero-order valence-electron chi connectivity index (χ0n) is 11.4. The van der Waals surface area contributed by atoms with Gasteiger partial charge in [0.15, 0.2) is 12.4 Å². The molecule has 1 N–H and O–H groups in total. The number of alkyl halides is 2. The molecule has 0 saturated carbocycles. The Kier molecular flexibility index (Phi) is 4.81. The van der Waals surface area contributed by atoms with Gasteiger partial charge in [0.2, 0.25) is 6.54 Å². The van der Waals surface area contributed by atoms with Crippen LogP contribution in [0.5, 0.6) is 5.75 Å². The molecule has 0 atom stereocenters. The number of anilines is 1. The number of carbonyl (C=O) groups is 1. The summed E-state index contributed by atoms with van der Waals surface area (Å²) in [7, 11) is 0. The molecule has 1 aromatic heterocycles. The van der Waals surface area contributed by atoms with Crippen LogP contribution >= 0.6 is 0 Å². The van der Waals surface area contributed by atoms with Crippen LogP contribution in [0.3, 0.4) is 0 Å². The Hall–Kier alpha value is -2.50. The van der Waals surface area contributed by atoms with Crippen molar-refractivity contribution >= 4 is 11.6 Å². The highest BCUT2D eigenvalue weighted by molar-refractivity contribution is 5.89. The predicted molar refractivity (Wildman–Crippen MR) is 73.1 cm³/mol. The summed E-state index contributed by atoms with van der Waals surface area (Å²) in [6.45, 7) is -0.716. The number of carbonyl (C=O) groups excluding carboxylic acids is 1. The minimum Gasteiger partial charge on any atom is -0.435 e. The number of aryl methyl sites for hydroxylation is 1. The minimum absolute atomic E-state index is 0.0518. The number of pyridine rings is 1. The highest BCUT2D eigenvalue weighted by atomic mass is 19.3. The fourth-order valence-corrected chi connectivity index (χ4v) is 1.72. The van der Waals surface area contributed by atoms with E-state index in [1.54, 1.807) is 4.57 Å². The van der Waals surface area contributed by atoms with Gasteiger partial charge in [0.25, 0.3) is 5.91 Å². The first-order valence-corrected chi connectivity index (χ1v) is 6.33. The van der Waals surface area contributed by atoms with E-state index in [9.17, 15) is 13.6 Å². The van der Waals surface area contributed by atoms with Gasteiger partial charge >= 0.3 is 6.61 Å². The molecule has 4 nitrogen and oxygen atoms in total. The summed E-state index contributed by atoms with van der Waals surface area (Å²) in [6.07, 6.45) is 3.63. The minimum atomic E-state index is -2.86. The van der Waals surface area contributed by atoms with Crippen molar-refractivity contribution in [2.24, 2.45) is 0 Å². The third-order valence-corrected chi connectivity index (χ3v) is 2.75. The van der Waals surface area contributed by atoms with Gasteiger partial charge in [-0.2, -0.15) is 13.3 Å². The van der Waals surface area contributed by atoms with Gasteiger partial charge in [-0.1, -0.05) is 0 Å². The third kappa shape index (κ3) is 4.83. The lowest BCUT2D eigenvalue weighted by Gasteiger charge is -2.06. The quantitative estimate of drug-likeness (QED) is 0.861. The first-order valence-electron chi connectivity index (χ1n) is 6.33. The first-order chi connectivity index (χ1) is 10.0. The van der Waals surface area contributed by atoms with Crippen LogP contribution < -0.4 is 14.6 Å². The second kappa shape index (κ2) is 6.78. The SMILES string of the molecule is Cc1cc[n+](CC(=O)Nc2ccc(OC(F)F)cc2)cc1. The van der Waals surface area contributed by atoms with Gasteiger partial charge in [0, 0.05) is 17.8 Å². The van der Waals surface area contributed by atoms with Crippen LogP contribution in [0.1, 0.15) is 5.56 Å². The highest BCUT2D eigenvalue weighted by Gasteiger charge is 2.10. The number of rotatable bonds is 5. The number of nitrogens with one attached hydrogen (secondary N) is 1. The topological polar surface area (TPSA) is 42.2 Å². The smallest absolute Gasteiger partial charge is 0.387 e. The average Bonchev–Trinajstić information content (AvgIpc) is 2.43. The molecule has 110 valence electrons. The van der Waals surface area contributed by atoms with Crippen LogP contribution in [0.2, 0.25) is 0 Å². The molecule has 6 heteroatoms. The van der Waals surface area contributed by atoms with Crippen LogP contribution in [0.25, 0.3) is 0 Å². The van der Waals surface area contributed by atoms with E-state index < -0.39 is 6.61 Å². The van der Waals surface area contributed by atoms with Crippen molar-refractivity contribution in [3.05, 3.63) is 54.4 Å². The van der Waals surface area contributed by atoms with E-state index in [0.29, 0.717) is 5.69 Å². The summed E-state index contributed by atoms with van der Waals surface area (Å²) in [5.41, 5.74) is 1.63. The Morgan fingerprint density at radius 3 is 2.38 bits per heavy atom. The lowest BCUT2D eigenvalue weighted by atomic mass is 10.3. The average molecular weight is 293 g/mol. The number of halogens is 2. The Labute approximate surface area is 121 Å². The van der Waals surface area contributed by atoms with Crippen LogP contribution in [0.15, 0.2) is 48.8 Å². The molecule has 0 aliphatic rings.